The molecule has 2 heteroatoms. The zero-order chi connectivity index (χ0) is 6.62. The van der Waals surface area contributed by atoms with Gasteiger partial charge in [-0.15, -0.1) is 6.61 Å². The molecule has 0 aliphatic heterocycles. The molecule has 0 N–H and O–H groups in total. The summed E-state index contributed by atoms with van der Waals surface area (Å²) >= 11 is 0. The van der Waals surface area contributed by atoms with Crippen molar-refractivity contribution < 1.29 is 24.0 Å². The van der Waals surface area contributed by atoms with Gasteiger partial charge in [0.15, 0.2) is 0 Å². The third-order valence-electron chi connectivity index (χ3n) is 1.07. The van der Waals surface area contributed by atoms with Gasteiger partial charge in [0.2, 0.25) is 0 Å². The van der Waals surface area contributed by atoms with Crippen LogP contribution in [0.2, 0.25) is 0 Å². The molecule has 0 aromatic carbocycles. The van der Waals surface area contributed by atoms with Crippen molar-refractivity contribution in [2.24, 2.45) is 5.41 Å². The van der Waals surface area contributed by atoms with Crippen LogP contribution in [-0.4, -0.2) is 6.61 Å². The SMILES string of the molecule is CC(C)(C)CCC[O-].[Li+]. The standard InChI is InChI=1S/C7H15O.Li/c1-7(2,3)5-4-6-8;/h4-6H2,1-3H3;/q-1;+1. The van der Waals surface area contributed by atoms with Crippen LogP contribution >= 0.6 is 0 Å². The van der Waals surface area contributed by atoms with E-state index in [1.165, 1.54) is 0 Å². The summed E-state index contributed by atoms with van der Waals surface area (Å²) in [6.07, 6.45) is 1.88. The fourth-order valence-corrected chi connectivity index (χ4v) is 0.602. The van der Waals surface area contributed by atoms with Crippen LogP contribution in [0.15, 0.2) is 0 Å². The van der Waals surface area contributed by atoms with E-state index in [1.807, 2.05) is 0 Å². The molecule has 0 fully saturated rings. The molecule has 0 aromatic rings. The second-order valence-electron chi connectivity index (χ2n) is 3.37. The molecule has 1 nitrogen and oxygen atoms in total. The van der Waals surface area contributed by atoms with Gasteiger partial charge in [-0.25, -0.2) is 0 Å². The summed E-state index contributed by atoms with van der Waals surface area (Å²) in [5.74, 6) is 0. The second kappa shape index (κ2) is 5.35. The minimum atomic E-state index is 0. The van der Waals surface area contributed by atoms with Crippen molar-refractivity contribution in [3.8, 4) is 0 Å². The predicted molar refractivity (Wildman–Crippen MR) is 33.6 cm³/mol. The average Bonchev–Trinajstić information content (AvgIpc) is 1.59. The third kappa shape index (κ3) is 11.9. The average molecular weight is 122 g/mol. The monoisotopic (exact) mass is 122 g/mol. The number of rotatable bonds is 2. The molecule has 0 bridgehead atoms. The molecular weight excluding hydrogens is 107 g/mol. The zero-order valence-corrected chi connectivity index (χ0v) is 7.03. The first-order valence-electron chi connectivity index (χ1n) is 3.14. The summed E-state index contributed by atoms with van der Waals surface area (Å²) < 4.78 is 0. The largest absolute Gasteiger partial charge is 1.00 e. The molecule has 0 amide bonds. The topological polar surface area (TPSA) is 23.1 Å². The fourth-order valence-electron chi connectivity index (χ4n) is 0.602. The van der Waals surface area contributed by atoms with Gasteiger partial charge < -0.3 is 5.11 Å². The Morgan fingerprint density at radius 1 is 1.22 bits per heavy atom. The first kappa shape index (κ1) is 12.3. The maximum absolute atomic E-state index is 9.98. The molecule has 0 unspecified atom stereocenters. The summed E-state index contributed by atoms with van der Waals surface area (Å²) in [7, 11) is 0. The first-order chi connectivity index (χ1) is 3.56. The maximum Gasteiger partial charge on any atom is 1.00 e. The van der Waals surface area contributed by atoms with Gasteiger partial charge in [0, 0.05) is 0 Å². The Labute approximate surface area is 70.0 Å². The number of hydrogen-bond acceptors (Lipinski definition) is 1. The van der Waals surface area contributed by atoms with E-state index in [0.29, 0.717) is 5.41 Å². The maximum atomic E-state index is 9.98. The molecule has 0 saturated carbocycles. The number of hydrogen-bond donors (Lipinski definition) is 0. The van der Waals surface area contributed by atoms with Crippen molar-refractivity contribution >= 4 is 0 Å². The molecule has 0 heterocycles. The Hall–Kier alpha value is 0.557. The van der Waals surface area contributed by atoms with E-state index in [0.717, 1.165) is 12.8 Å². The van der Waals surface area contributed by atoms with Crippen LogP contribution < -0.4 is 24.0 Å². The van der Waals surface area contributed by atoms with Gasteiger partial charge in [0.1, 0.15) is 0 Å². The van der Waals surface area contributed by atoms with Crippen molar-refractivity contribution in [2.45, 2.75) is 33.6 Å². The van der Waals surface area contributed by atoms with Crippen LogP contribution in [0.4, 0.5) is 0 Å². The molecule has 9 heavy (non-hydrogen) atoms. The van der Waals surface area contributed by atoms with E-state index in [9.17, 15) is 5.11 Å². The first-order valence-corrected chi connectivity index (χ1v) is 3.14. The molecule has 0 radical (unpaired) electrons. The van der Waals surface area contributed by atoms with Gasteiger partial charge >= 0.3 is 18.9 Å². The van der Waals surface area contributed by atoms with Gasteiger partial charge in [0.05, 0.1) is 0 Å². The van der Waals surface area contributed by atoms with Crippen molar-refractivity contribution in [3.63, 3.8) is 0 Å². The van der Waals surface area contributed by atoms with Crippen LogP contribution in [0.25, 0.3) is 0 Å². The Kier molecular flexibility index (Phi) is 7.29. The third-order valence-corrected chi connectivity index (χ3v) is 1.07. The minimum Gasteiger partial charge on any atom is -0.854 e. The van der Waals surface area contributed by atoms with Crippen molar-refractivity contribution in [1.29, 1.82) is 0 Å². The fraction of sp³-hybridized carbons (Fsp3) is 1.00. The van der Waals surface area contributed by atoms with Crippen molar-refractivity contribution in [1.82, 2.24) is 0 Å². The quantitative estimate of drug-likeness (QED) is 0.395. The molecule has 0 atom stereocenters. The van der Waals surface area contributed by atoms with Crippen LogP contribution in [0.5, 0.6) is 0 Å². The molecular formula is C7H15LiO. The summed E-state index contributed by atoms with van der Waals surface area (Å²) in [4.78, 5) is 0. The van der Waals surface area contributed by atoms with E-state index >= 15 is 0 Å². The summed E-state index contributed by atoms with van der Waals surface area (Å²) in [5, 5.41) is 9.98. The van der Waals surface area contributed by atoms with E-state index in [4.69, 9.17) is 0 Å². The molecule has 0 rings (SSSR count). The smallest absolute Gasteiger partial charge is 0.854 e. The Morgan fingerprint density at radius 2 is 1.67 bits per heavy atom. The molecule has 0 aromatic heterocycles. The predicted octanol–water partition coefficient (Wildman–Crippen LogP) is -1.82. The summed E-state index contributed by atoms with van der Waals surface area (Å²) in [5.41, 5.74) is 0.352. The Balaban J connectivity index is 0. The van der Waals surface area contributed by atoms with E-state index in [2.05, 4.69) is 20.8 Å². The van der Waals surface area contributed by atoms with E-state index < -0.39 is 0 Å². The zero-order valence-electron chi connectivity index (χ0n) is 7.03. The summed E-state index contributed by atoms with van der Waals surface area (Å²) in [6, 6.07) is 0. The van der Waals surface area contributed by atoms with Gasteiger partial charge in [-0.1, -0.05) is 27.2 Å². The van der Waals surface area contributed by atoms with Crippen LogP contribution in [0.1, 0.15) is 33.6 Å². The normalized spacial score (nSPS) is 10.7. The van der Waals surface area contributed by atoms with Crippen molar-refractivity contribution in [2.75, 3.05) is 6.61 Å². The summed E-state index contributed by atoms with van der Waals surface area (Å²) in [6.45, 7) is 6.55. The Bertz CT molecular complexity index is 56.4. The van der Waals surface area contributed by atoms with Gasteiger partial charge in [-0.05, 0) is 11.8 Å². The van der Waals surface area contributed by atoms with Crippen LogP contribution in [0, 0.1) is 5.41 Å². The van der Waals surface area contributed by atoms with Gasteiger partial charge in [0.25, 0.3) is 0 Å². The van der Waals surface area contributed by atoms with Crippen LogP contribution in [-0.2, 0) is 0 Å². The molecule has 0 aliphatic carbocycles. The Morgan fingerprint density at radius 3 is 1.78 bits per heavy atom. The molecule has 0 saturated heterocycles. The van der Waals surface area contributed by atoms with E-state index in [-0.39, 0.29) is 25.5 Å². The van der Waals surface area contributed by atoms with Gasteiger partial charge in [-0.2, -0.15) is 0 Å². The minimum absolute atomic E-state index is 0. The van der Waals surface area contributed by atoms with Gasteiger partial charge in [-0.3, -0.25) is 0 Å². The van der Waals surface area contributed by atoms with Crippen LogP contribution in [0.3, 0.4) is 0 Å². The second-order valence-corrected chi connectivity index (χ2v) is 3.37. The van der Waals surface area contributed by atoms with E-state index in [1.54, 1.807) is 0 Å². The molecule has 0 aliphatic rings. The molecule has 0 spiro atoms. The van der Waals surface area contributed by atoms with Crippen molar-refractivity contribution in [3.05, 3.63) is 0 Å². The molecule has 50 valence electrons.